The molecule has 0 spiro atoms. The second-order valence-corrected chi connectivity index (χ2v) is 4.65. The molecule has 1 aliphatic heterocycles. The molecule has 1 aliphatic rings. The number of amides is 1. The van der Waals surface area contributed by atoms with E-state index in [-0.39, 0.29) is 17.9 Å². The molecule has 1 heterocycles. The van der Waals surface area contributed by atoms with Gasteiger partial charge in [-0.15, -0.1) is 6.58 Å². The van der Waals surface area contributed by atoms with Crippen LogP contribution in [-0.2, 0) is 14.3 Å². The van der Waals surface area contributed by atoms with Gasteiger partial charge in [-0.3, -0.25) is 4.79 Å². The molecule has 18 heavy (non-hydrogen) atoms. The number of carbonyl (C=O) groups excluding carboxylic acids is 2. The highest BCUT2D eigenvalue weighted by atomic mass is 16.5. The number of methoxy groups -OCH3 is 1. The van der Waals surface area contributed by atoms with Crippen LogP contribution in [0.3, 0.4) is 0 Å². The normalized spacial score (nSPS) is 22.2. The number of ether oxygens (including phenoxy) is 1. The summed E-state index contributed by atoms with van der Waals surface area (Å²) in [5.74, 6) is -0.458. The second kappa shape index (κ2) is 5.85. The Hall–Kier alpha value is -1.58. The molecular formula is C14H21NO3. The van der Waals surface area contributed by atoms with Gasteiger partial charge in [-0.2, -0.15) is 0 Å². The number of likely N-dealkylation sites (tertiary alicyclic amines) is 1. The molecule has 0 aromatic carbocycles. The van der Waals surface area contributed by atoms with Crippen LogP contribution < -0.4 is 0 Å². The van der Waals surface area contributed by atoms with E-state index >= 15 is 0 Å². The minimum absolute atomic E-state index is 0.00551. The highest BCUT2D eigenvalue weighted by Gasteiger charge is 2.48. The summed E-state index contributed by atoms with van der Waals surface area (Å²) in [5, 5.41) is 0. The Labute approximate surface area is 108 Å². The fourth-order valence-electron chi connectivity index (χ4n) is 2.41. The van der Waals surface area contributed by atoms with Gasteiger partial charge in [0.2, 0.25) is 5.91 Å². The van der Waals surface area contributed by atoms with Gasteiger partial charge in [-0.1, -0.05) is 13.0 Å². The van der Waals surface area contributed by atoms with Gasteiger partial charge >= 0.3 is 5.97 Å². The largest absolute Gasteiger partial charge is 0.464 e. The number of β-lactam (4-membered cyclic amide) rings is 1. The summed E-state index contributed by atoms with van der Waals surface area (Å²) in [6.07, 6.45) is 3.26. The number of esters is 1. The number of hydrogen-bond donors (Lipinski definition) is 0. The van der Waals surface area contributed by atoms with Crippen LogP contribution in [0.15, 0.2) is 23.9 Å². The molecule has 0 N–H and O–H groups in total. The van der Waals surface area contributed by atoms with Crippen molar-refractivity contribution in [1.29, 1.82) is 0 Å². The van der Waals surface area contributed by atoms with E-state index in [1.54, 1.807) is 11.0 Å². The van der Waals surface area contributed by atoms with E-state index in [9.17, 15) is 9.59 Å². The molecule has 0 saturated carbocycles. The van der Waals surface area contributed by atoms with Crippen molar-refractivity contribution in [1.82, 2.24) is 4.90 Å². The minimum Gasteiger partial charge on any atom is -0.464 e. The summed E-state index contributed by atoms with van der Waals surface area (Å²) in [5.41, 5.74) is 1.16. The van der Waals surface area contributed by atoms with E-state index < -0.39 is 5.97 Å². The minimum atomic E-state index is -0.452. The van der Waals surface area contributed by atoms with Crippen LogP contribution in [0.1, 0.15) is 33.6 Å². The molecule has 0 radical (unpaired) electrons. The van der Waals surface area contributed by atoms with Crippen molar-refractivity contribution < 1.29 is 14.3 Å². The third-order valence-corrected chi connectivity index (χ3v) is 3.29. The maximum atomic E-state index is 12.1. The SMILES string of the molecule is C=CCC1C(CC)C(=O)N1C(C(=O)OC)=C(C)C. The summed E-state index contributed by atoms with van der Waals surface area (Å²) in [6, 6.07) is 0.0315. The Balaban J connectivity index is 3.06. The maximum Gasteiger partial charge on any atom is 0.354 e. The molecule has 1 saturated heterocycles. The first-order chi connectivity index (χ1) is 8.49. The van der Waals surface area contributed by atoms with Crippen LogP contribution in [0.4, 0.5) is 0 Å². The van der Waals surface area contributed by atoms with E-state index in [1.165, 1.54) is 7.11 Å². The van der Waals surface area contributed by atoms with Gasteiger partial charge in [-0.05, 0) is 32.3 Å². The summed E-state index contributed by atoms with van der Waals surface area (Å²) >= 11 is 0. The Morgan fingerprint density at radius 1 is 1.50 bits per heavy atom. The second-order valence-electron chi connectivity index (χ2n) is 4.65. The van der Waals surface area contributed by atoms with Crippen molar-refractivity contribution in [2.24, 2.45) is 5.92 Å². The molecule has 1 fully saturated rings. The summed E-state index contributed by atoms with van der Waals surface area (Å²) in [4.78, 5) is 25.4. The molecule has 4 heteroatoms. The lowest BCUT2D eigenvalue weighted by molar-refractivity contribution is -0.158. The molecule has 0 aromatic heterocycles. The predicted octanol–water partition coefficient (Wildman–Crippen LogP) is 2.27. The molecule has 4 nitrogen and oxygen atoms in total. The van der Waals surface area contributed by atoms with Crippen molar-refractivity contribution in [2.75, 3.05) is 7.11 Å². The fraction of sp³-hybridized carbons (Fsp3) is 0.571. The Kier molecular flexibility index (Phi) is 4.70. The molecule has 0 aromatic rings. The summed E-state index contributed by atoms with van der Waals surface area (Å²) in [7, 11) is 1.33. The van der Waals surface area contributed by atoms with Crippen molar-refractivity contribution in [3.63, 3.8) is 0 Å². The molecule has 100 valence electrons. The first-order valence-corrected chi connectivity index (χ1v) is 6.19. The van der Waals surface area contributed by atoms with E-state index in [1.807, 2.05) is 20.8 Å². The van der Waals surface area contributed by atoms with Gasteiger partial charge < -0.3 is 9.64 Å². The molecule has 1 amide bonds. The predicted molar refractivity (Wildman–Crippen MR) is 69.6 cm³/mol. The Morgan fingerprint density at radius 2 is 2.11 bits per heavy atom. The zero-order valence-corrected chi connectivity index (χ0v) is 11.5. The third-order valence-electron chi connectivity index (χ3n) is 3.29. The Morgan fingerprint density at radius 3 is 2.50 bits per heavy atom. The zero-order valence-electron chi connectivity index (χ0n) is 11.5. The van der Waals surface area contributed by atoms with Gasteiger partial charge in [0.05, 0.1) is 19.1 Å². The quantitative estimate of drug-likeness (QED) is 0.326. The number of hydrogen-bond acceptors (Lipinski definition) is 3. The smallest absolute Gasteiger partial charge is 0.354 e. The number of carbonyl (C=O) groups is 2. The molecule has 2 atom stereocenters. The zero-order chi connectivity index (χ0) is 13.9. The van der Waals surface area contributed by atoms with Crippen molar-refractivity contribution in [3.8, 4) is 0 Å². The van der Waals surface area contributed by atoms with Gasteiger partial charge in [0.25, 0.3) is 0 Å². The molecular weight excluding hydrogens is 230 g/mol. The monoisotopic (exact) mass is 251 g/mol. The number of allylic oxidation sites excluding steroid dienone is 1. The van der Waals surface area contributed by atoms with Crippen molar-refractivity contribution in [3.05, 3.63) is 23.9 Å². The Bertz CT molecular complexity index is 394. The molecule has 1 rings (SSSR count). The standard InChI is InChI=1S/C14H21NO3/c1-6-8-11-10(7-2)13(16)15(11)12(9(3)4)14(17)18-5/h6,10-11H,1,7-8H2,2-5H3. The molecule has 0 aliphatic carbocycles. The van der Waals surface area contributed by atoms with Gasteiger partial charge in [-0.25, -0.2) is 4.79 Å². The lowest BCUT2D eigenvalue weighted by Crippen LogP contribution is -2.60. The van der Waals surface area contributed by atoms with E-state index in [0.29, 0.717) is 12.1 Å². The summed E-state index contributed by atoms with van der Waals surface area (Å²) < 4.78 is 4.76. The van der Waals surface area contributed by atoms with Gasteiger partial charge in [0.15, 0.2) is 0 Å². The highest BCUT2D eigenvalue weighted by molar-refractivity contribution is 5.98. The first kappa shape index (κ1) is 14.5. The number of nitrogens with zero attached hydrogens (tertiary/aromatic N) is 1. The van der Waals surface area contributed by atoms with E-state index in [0.717, 1.165) is 12.0 Å². The fourth-order valence-corrected chi connectivity index (χ4v) is 2.41. The van der Waals surface area contributed by atoms with Gasteiger partial charge in [0, 0.05) is 0 Å². The molecule has 2 unspecified atom stereocenters. The first-order valence-electron chi connectivity index (χ1n) is 6.19. The number of rotatable bonds is 5. The third kappa shape index (κ3) is 2.33. The topological polar surface area (TPSA) is 46.6 Å². The summed E-state index contributed by atoms with van der Waals surface area (Å²) in [6.45, 7) is 9.31. The lowest BCUT2D eigenvalue weighted by atomic mass is 9.82. The van der Waals surface area contributed by atoms with Crippen molar-refractivity contribution in [2.45, 2.75) is 39.7 Å². The van der Waals surface area contributed by atoms with E-state index in [2.05, 4.69) is 6.58 Å². The van der Waals surface area contributed by atoms with Crippen molar-refractivity contribution >= 4 is 11.9 Å². The average molecular weight is 251 g/mol. The van der Waals surface area contributed by atoms with Crippen LogP contribution in [0.25, 0.3) is 0 Å². The highest BCUT2D eigenvalue weighted by Crippen LogP contribution is 2.36. The molecule has 0 bridgehead atoms. The lowest BCUT2D eigenvalue weighted by Gasteiger charge is -2.47. The van der Waals surface area contributed by atoms with Crippen LogP contribution in [0.2, 0.25) is 0 Å². The van der Waals surface area contributed by atoms with Crippen LogP contribution in [-0.4, -0.2) is 29.9 Å². The van der Waals surface area contributed by atoms with Crippen LogP contribution >= 0.6 is 0 Å². The average Bonchev–Trinajstić information content (AvgIpc) is 2.34. The maximum absolute atomic E-state index is 12.1. The van der Waals surface area contributed by atoms with Gasteiger partial charge in [0.1, 0.15) is 5.70 Å². The van der Waals surface area contributed by atoms with E-state index in [4.69, 9.17) is 4.74 Å². The van der Waals surface area contributed by atoms with Crippen LogP contribution in [0.5, 0.6) is 0 Å². The van der Waals surface area contributed by atoms with Crippen LogP contribution in [0, 0.1) is 5.92 Å².